The van der Waals surface area contributed by atoms with E-state index in [9.17, 15) is 8.42 Å². The summed E-state index contributed by atoms with van der Waals surface area (Å²) in [6.07, 6.45) is 0.648. The van der Waals surface area contributed by atoms with Crippen LogP contribution in [0.3, 0.4) is 0 Å². The molecule has 0 aromatic heterocycles. The van der Waals surface area contributed by atoms with Crippen LogP contribution in [0.5, 0.6) is 0 Å². The van der Waals surface area contributed by atoms with Crippen LogP contribution in [0.25, 0.3) is 0 Å². The maximum absolute atomic E-state index is 11.6. The number of guanidine groups is 1. The van der Waals surface area contributed by atoms with Crippen molar-refractivity contribution in [1.29, 1.82) is 0 Å². The number of halogens is 1. The fraction of sp³-hybridized carbons (Fsp3) is 0.588. The summed E-state index contributed by atoms with van der Waals surface area (Å²) >= 11 is 0. The summed E-state index contributed by atoms with van der Waals surface area (Å²) in [6, 6.07) is 10.3. The lowest BCUT2D eigenvalue weighted by Crippen LogP contribution is -2.44. The van der Waals surface area contributed by atoms with Crippen molar-refractivity contribution in [2.24, 2.45) is 4.99 Å². The van der Waals surface area contributed by atoms with Gasteiger partial charge in [-0.05, 0) is 18.9 Å². The molecule has 1 atom stereocenters. The van der Waals surface area contributed by atoms with Crippen LogP contribution in [-0.2, 0) is 15.3 Å². The predicted molar refractivity (Wildman–Crippen MR) is 111 cm³/mol. The number of nitrogens with one attached hydrogen (secondary N) is 2. The van der Waals surface area contributed by atoms with Crippen molar-refractivity contribution >= 4 is 39.8 Å². The molecule has 1 saturated heterocycles. The van der Waals surface area contributed by atoms with E-state index in [-0.39, 0.29) is 46.9 Å². The smallest absolute Gasteiger partial charge is 0.191 e. The summed E-state index contributed by atoms with van der Waals surface area (Å²) in [4.78, 5) is 4.67. The molecule has 1 aliphatic heterocycles. The van der Waals surface area contributed by atoms with E-state index in [1.807, 2.05) is 25.1 Å². The Balaban J connectivity index is 0.00000288. The Labute approximate surface area is 162 Å². The molecular weight excluding hydrogens is 437 g/mol. The molecule has 1 fully saturated rings. The standard InChI is InChI=1S/C17H27N3O2S.HI/c1-4-18-16(20-15-10-11-23(21,22)12-15)19-13-17(2,3)14-8-6-5-7-9-14;/h5-9,15H,4,10-13H2,1-3H3,(H2,18,19,20);1H. The molecule has 0 saturated carbocycles. The quantitative estimate of drug-likeness (QED) is 0.398. The van der Waals surface area contributed by atoms with Crippen LogP contribution in [0.1, 0.15) is 32.8 Å². The summed E-state index contributed by atoms with van der Waals surface area (Å²) in [7, 11) is -2.89. The van der Waals surface area contributed by atoms with Crippen molar-refractivity contribution in [1.82, 2.24) is 10.6 Å². The molecule has 1 unspecified atom stereocenters. The van der Waals surface area contributed by atoms with Gasteiger partial charge in [0.15, 0.2) is 15.8 Å². The number of aliphatic imine (C=N–C) groups is 1. The van der Waals surface area contributed by atoms with Gasteiger partial charge in [0.1, 0.15) is 0 Å². The number of nitrogens with zero attached hydrogens (tertiary/aromatic N) is 1. The maximum Gasteiger partial charge on any atom is 0.191 e. The normalized spacial score (nSPS) is 20.3. The van der Waals surface area contributed by atoms with Gasteiger partial charge in [0.05, 0.1) is 18.1 Å². The minimum Gasteiger partial charge on any atom is -0.357 e. The van der Waals surface area contributed by atoms with Crippen LogP contribution >= 0.6 is 24.0 Å². The third-order valence-corrected chi connectivity index (χ3v) is 5.87. The lowest BCUT2D eigenvalue weighted by molar-refractivity contribution is 0.535. The molecule has 0 bridgehead atoms. The molecule has 1 aromatic rings. The van der Waals surface area contributed by atoms with E-state index >= 15 is 0 Å². The van der Waals surface area contributed by atoms with Crippen molar-refractivity contribution in [3.05, 3.63) is 35.9 Å². The largest absolute Gasteiger partial charge is 0.357 e. The SMILES string of the molecule is CCNC(=NCC(C)(C)c1ccccc1)NC1CCS(=O)(=O)C1.I. The van der Waals surface area contributed by atoms with E-state index in [4.69, 9.17) is 0 Å². The van der Waals surface area contributed by atoms with Crippen molar-refractivity contribution < 1.29 is 8.42 Å². The van der Waals surface area contributed by atoms with Gasteiger partial charge in [0, 0.05) is 18.0 Å². The molecule has 24 heavy (non-hydrogen) atoms. The van der Waals surface area contributed by atoms with E-state index in [0.29, 0.717) is 18.9 Å². The average molecular weight is 465 g/mol. The van der Waals surface area contributed by atoms with Gasteiger partial charge in [-0.15, -0.1) is 24.0 Å². The Morgan fingerprint density at radius 3 is 2.50 bits per heavy atom. The zero-order chi connectivity index (χ0) is 16.9. The first-order valence-corrected chi connectivity index (χ1v) is 9.95. The molecule has 136 valence electrons. The topological polar surface area (TPSA) is 70.6 Å². The summed E-state index contributed by atoms with van der Waals surface area (Å²) in [5.41, 5.74) is 1.16. The van der Waals surface area contributed by atoms with Gasteiger partial charge in [0.25, 0.3) is 0 Å². The van der Waals surface area contributed by atoms with Gasteiger partial charge in [0.2, 0.25) is 0 Å². The monoisotopic (exact) mass is 465 g/mol. The number of benzene rings is 1. The zero-order valence-electron chi connectivity index (χ0n) is 14.6. The molecule has 0 aliphatic carbocycles. The summed E-state index contributed by atoms with van der Waals surface area (Å²) in [5.74, 6) is 1.15. The van der Waals surface area contributed by atoms with Gasteiger partial charge in [-0.3, -0.25) is 4.99 Å². The molecule has 7 heteroatoms. The van der Waals surface area contributed by atoms with Crippen molar-refractivity contribution in [3.63, 3.8) is 0 Å². The highest BCUT2D eigenvalue weighted by molar-refractivity contribution is 14.0. The van der Waals surface area contributed by atoms with Crippen molar-refractivity contribution in [2.45, 2.75) is 38.6 Å². The lowest BCUT2D eigenvalue weighted by Gasteiger charge is -2.24. The molecule has 1 aromatic carbocycles. The Morgan fingerprint density at radius 2 is 1.96 bits per heavy atom. The third-order valence-electron chi connectivity index (χ3n) is 4.11. The van der Waals surface area contributed by atoms with E-state index in [0.717, 1.165) is 6.54 Å². The summed E-state index contributed by atoms with van der Waals surface area (Å²) in [6.45, 7) is 7.71. The van der Waals surface area contributed by atoms with Crippen LogP contribution in [0.4, 0.5) is 0 Å². The van der Waals surface area contributed by atoms with Crippen LogP contribution < -0.4 is 10.6 Å². The van der Waals surface area contributed by atoms with E-state index in [1.165, 1.54) is 5.56 Å². The zero-order valence-corrected chi connectivity index (χ0v) is 17.7. The third kappa shape index (κ3) is 6.23. The van der Waals surface area contributed by atoms with E-state index in [1.54, 1.807) is 0 Å². The fourth-order valence-corrected chi connectivity index (χ4v) is 4.35. The highest BCUT2D eigenvalue weighted by Gasteiger charge is 2.28. The van der Waals surface area contributed by atoms with Crippen LogP contribution in [0.2, 0.25) is 0 Å². The summed E-state index contributed by atoms with van der Waals surface area (Å²) in [5, 5.41) is 6.46. The van der Waals surface area contributed by atoms with Crippen LogP contribution in [0.15, 0.2) is 35.3 Å². The Bertz CT molecular complexity index is 645. The van der Waals surface area contributed by atoms with Gasteiger partial charge in [-0.2, -0.15) is 0 Å². The minimum atomic E-state index is -2.89. The molecule has 1 heterocycles. The first-order valence-electron chi connectivity index (χ1n) is 8.13. The number of hydrogen-bond acceptors (Lipinski definition) is 3. The second kappa shape index (κ2) is 9.03. The average Bonchev–Trinajstić information content (AvgIpc) is 2.85. The van der Waals surface area contributed by atoms with E-state index in [2.05, 4.69) is 41.6 Å². The number of rotatable bonds is 5. The first kappa shape index (κ1) is 21.2. The second-order valence-corrected chi connectivity index (χ2v) is 8.92. The predicted octanol–water partition coefficient (Wildman–Crippen LogP) is 2.32. The van der Waals surface area contributed by atoms with Gasteiger partial charge < -0.3 is 10.6 Å². The van der Waals surface area contributed by atoms with Gasteiger partial charge >= 0.3 is 0 Å². The van der Waals surface area contributed by atoms with Crippen LogP contribution in [-0.4, -0.2) is 45.0 Å². The lowest BCUT2D eigenvalue weighted by atomic mass is 9.85. The van der Waals surface area contributed by atoms with Crippen molar-refractivity contribution in [2.75, 3.05) is 24.6 Å². The van der Waals surface area contributed by atoms with E-state index < -0.39 is 9.84 Å². The Kier molecular flexibility index (Phi) is 7.98. The number of hydrogen-bond donors (Lipinski definition) is 2. The Morgan fingerprint density at radius 1 is 1.29 bits per heavy atom. The van der Waals surface area contributed by atoms with Gasteiger partial charge in [-0.1, -0.05) is 44.2 Å². The molecule has 5 nitrogen and oxygen atoms in total. The molecule has 2 N–H and O–H groups in total. The van der Waals surface area contributed by atoms with Gasteiger partial charge in [-0.25, -0.2) is 8.42 Å². The first-order chi connectivity index (χ1) is 10.8. The fourth-order valence-electron chi connectivity index (χ4n) is 2.68. The molecule has 0 spiro atoms. The minimum absolute atomic E-state index is 0. The highest BCUT2D eigenvalue weighted by Crippen LogP contribution is 2.23. The molecular formula is C17H28IN3O2S. The Hall–Kier alpha value is -0.830. The maximum atomic E-state index is 11.6. The second-order valence-electron chi connectivity index (χ2n) is 6.69. The van der Waals surface area contributed by atoms with Crippen LogP contribution in [0, 0.1) is 0 Å². The van der Waals surface area contributed by atoms with Crippen molar-refractivity contribution in [3.8, 4) is 0 Å². The highest BCUT2D eigenvalue weighted by atomic mass is 127. The molecule has 0 radical (unpaired) electrons. The summed E-state index contributed by atoms with van der Waals surface area (Å²) < 4.78 is 23.2. The number of sulfone groups is 1. The molecule has 2 rings (SSSR count). The molecule has 0 amide bonds. The molecule has 1 aliphatic rings.